The second-order valence-electron chi connectivity index (χ2n) is 5.93. The van der Waals surface area contributed by atoms with Crippen LogP contribution in [0.25, 0.3) is 10.9 Å². The molecule has 0 aliphatic carbocycles. The van der Waals surface area contributed by atoms with Crippen molar-refractivity contribution in [2.24, 2.45) is 0 Å². The molecule has 122 valence electrons. The molecule has 1 unspecified atom stereocenters. The highest BCUT2D eigenvalue weighted by Gasteiger charge is 2.24. The van der Waals surface area contributed by atoms with E-state index >= 15 is 0 Å². The molecule has 0 bridgehead atoms. The zero-order valence-corrected chi connectivity index (χ0v) is 13.9. The number of nitrogens with one attached hydrogen (secondary N) is 1. The normalized spacial score (nSPS) is 18.0. The average molecular weight is 340 g/mol. The van der Waals surface area contributed by atoms with Crippen LogP contribution in [-0.2, 0) is 0 Å². The maximum Gasteiger partial charge on any atom is 0.248 e. The second-order valence-corrected chi connectivity index (χ2v) is 7.24. The van der Waals surface area contributed by atoms with Crippen molar-refractivity contribution < 1.29 is 4.39 Å². The molecule has 5 heteroatoms. The Hall–Kier alpha value is -2.27. The summed E-state index contributed by atoms with van der Waals surface area (Å²) in [6.45, 7) is 1.56. The molecule has 3 aromatic rings. The third-order valence-corrected chi connectivity index (χ3v) is 5.61. The first-order chi connectivity index (χ1) is 11.7. The van der Waals surface area contributed by atoms with Crippen LogP contribution in [-0.4, -0.2) is 23.8 Å². The monoisotopic (exact) mass is 340 g/mol. The number of halogens is 1. The Morgan fingerprint density at radius 3 is 2.79 bits per heavy atom. The number of H-pyrrole nitrogens is 1. The molecule has 1 aliphatic heterocycles. The molecule has 1 aliphatic rings. The molecule has 3 nitrogen and oxygen atoms in total. The van der Waals surface area contributed by atoms with Gasteiger partial charge in [0.2, 0.25) is 5.56 Å². The molecule has 1 N–H and O–H groups in total. The lowest BCUT2D eigenvalue weighted by molar-refractivity contribution is 0.617. The fourth-order valence-electron chi connectivity index (χ4n) is 3.14. The van der Waals surface area contributed by atoms with E-state index in [-0.39, 0.29) is 11.4 Å². The summed E-state index contributed by atoms with van der Waals surface area (Å²) in [4.78, 5) is 16.4. The van der Waals surface area contributed by atoms with E-state index < -0.39 is 0 Å². The smallest absolute Gasteiger partial charge is 0.248 e. The molecule has 1 aromatic heterocycles. The van der Waals surface area contributed by atoms with E-state index in [0.29, 0.717) is 21.8 Å². The Morgan fingerprint density at radius 2 is 1.96 bits per heavy atom. The summed E-state index contributed by atoms with van der Waals surface area (Å²) in [6.07, 6.45) is 0. The second kappa shape index (κ2) is 6.32. The molecule has 1 fully saturated rings. The third-order valence-electron chi connectivity index (χ3n) is 4.37. The molecule has 0 amide bonds. The van der Waals surface area contributed by atoms with Crippen molar-refractivity contribution in [2.75, 3.05) is 23.7 Å². The Bertz CT molecular complexity index is 926. The number of hydrogen-bond acceptors (Lipinski definition) is 3. The summed E-state index contributed by atoms with van der Waals surface area (Å²) >= 11 is 1.90. The highest BCUT2D eigenvalue weighted by Crippen LogP contribution is 2.36. The van der Waals surface area contributed by atoms with E-state index in [9.17, 15) is 9.18 Å². The Morgan fingerprint density at radius 1 is 1.12 bits per heavy atom. The van der Waals surface area contributed by atoms with Crippen LogP contribution in [0.15, 0.2) is 59.4 Å². The van der Waals surface area contributed by atoms with Gasteiger partial charge in [-0.1, -0.05) is 30.3 Å². The summed E-state index contributed by atoms with van der Waals surface area (Å²) in [6, 6.07) is 16.7. The lowest BCUT2D eigenvalue weighted by Crippen LogP contribution is -2.35. The van der Waals surface area contributed by atoms with Crippen molar-refractivity contribution >= 4 is 28.4 Å². The first-order valence-electron chi connectivity index (χ1n) is 7.95. The van der Waals surface area contributed by atoms with Crippen molar-refractivity contribution in [3.63, 3.8) is 0 Å². The predicted octanol–water partition coefficient (Wildman–Crippen LogP) is 3.96. The van der Waals surface area contributed by atoms with Crippen LogP contribution >= 0.6 is 11.8 Å². The number of pyridine rings is 1. The molecule has 0 radical (unpaired) electrons. The van der Waals surface area contributed by atoms with Crippen LogP contribution in [0.5, 0.6) is 0 Å². The van der Waals surface area contributed by atoms with E-state index in [4.69, 9.17) is 0 Å². The summed E-state index contributed by atoms with van der Waals surface area (Å²) < 4.78 is 14.6. The van der Waals surface area contributed by atoms with E-state index in [0.717, 1.165) is 18.8 Å². The van der Waals surface area contributed by atoms with Gasteiger partial charge in [0.25, 0.3) is 0 Å². The van der Waals surface area contributed by atoms with E-state index in [2.05, 4.69) is 22.0 Å². The molecule has 1 atom stereocenters. The zero-order valence-electron chi connectivity index (χ0n) is 13.0. The van der Waals surface area contributed by atoms with Crippen LogP contribution < -0.4 is 10.5 Å². The average Bonchev–Trinajstić information content (AvgIpc) is 2.62. The van der Waals surface area contributed by atoms with Crippen LogP contribution in [0.2, 0.25) is 0 Å². The first-order valence-corrected chi connectivity index (χ1v) is 9.00. The summed E-state index contributed by atoms with van der Waals surface area (Å²) in [7, 11) is 0. The number of nitrogens with zero attached hydrogens (tertiary/aromatic N) is 1. The number of anilines is 1. The first kappa shape index (κ1) is 15.3. The van der Waals surface area contributed by atoms with Crippen molar-refractivity contribution in [2.45, 2.75) is 5.25 Å². The Balaban J connectivity index is 1.68. The van der Waals surface area contributed by atoms with Gasteiger partial charge in [-0.25, -0.2) is 4.39 Å². The molecule has 0 saturated carbocycles. The molecule has 24 heavy (non-hydrogen) atoms. The molecular weight excluding hydrogens is 323 g/mol. The minimum atomic E-state index is -0.242. The number of rotatable bonds is 2. The third kappa shape index (κ3) is 2.91. The fraction of sp³-hybridized carbons (Fsp3) is 0.211. The summed E-state index contributed by atoms with van der Waals surface area (Å²) in [5, 5.41) is 1.03. The predicted molar refractivity (Wildman–Crippen MR) is 98.4 cm³/mol. The van der Waals surface area contributed by atoms with Crippen molar-refractivity contribution in [1.82, 2.24) is 4.98 Å². The molecule has 0 spiro atoms. The molecule has 4 rings (SSSR count). The lowest BCUT2D eigenvalue weighted by atomic mass is 10.1. The summed E-state index contributed by atoms with van der Waals surface area (Å²) in [5.74, 6) is 0.704. The highest BCUT2D eigenvalue weighted by molar-refractivity contribution is 7.99. The number of hydrogen-bond donors (Lipinski definition) is 1. The van der Waals surface area contributed by atoms with Crippen molar-refractivity contribution in [1.29, 1.82) is 0 Å². The number of thioether (sulfide) groups is 1. The Kier molecular flexibility index (Phi) is 4.02. The van der Waals surface area contributed by atoms with Gasteiger partial charge in [0.05, 0.1) is 11.2 Å². The maximum atomic E-state index is 14.6. The fourth-order valence-corrected chi connectivity index (χ4v) is 4.39. The van der Waals surface area contributed by atoms with Crippen LogP contribution in [0.4, 0.5) is 10.1 Å². The van der Waals surface area contributed by atoms with Gasteiger partial charge in [-0.15, -0.1) is 0 Å². The van der Waals surface area contributed by atoms with Gasteiger partial charge in [0, 0.05) is 35.5 Å². The molecular formula is C19H17FN2OS. The minimum Gasteiger partial charge on any atom is -0.367 e. The van der Waals surface area contributed by atoms with Gasteiger partial charge in [-0.05, 0) is 23.8 Å². The van der Waals surface area contributed by atoms with Crippen molar-refractivity contribution in [3.8, 4) is 0 Å². The molecule has 2 heterocycles. The largest absolute Gasteiger partial charge is 0.367 e. The zero-order chi connectivity index (χ0) is 16.5. The van der Waals surface area contributed by atoms with E-state index in [1.54, 1.807) is 12.1 Å². The van der Waals surface area contributed by atoms with Gasteiger partial charge in [-0.2, -0.15) is 11.8 Å². The topological polar surface area (TPSA) is 36.1 Å². The van der Waals surface area contributed by atoms with Crippen LogP contribution in [0.3, 0.4) is 0 Å². The maximum absolute atomic E-state index is 14.6. The molecule has 1 saturated heterocycles. The highest BCUT2D eigenvalue weighted by atomic mass is 32.2. The standard InChI is InChI=1S/C19H17FN2OS/c20-15-10-14-6-7-19(23)21-16(14)11-17(15)22-8-9-24-18(12-22)13-4-2-1-3-5-13/h1-7,10-11,18H,8-9,12H2,(H,21,23). The number of fused-ring (bicyclic) bond motifs is 1. The van der Waals surface area contributed by atoms with Gasteiger partial charge in [-0.3, -0.25) is 4.79 Å². The minimum absolute atomic E-state index is 0.170. The van der Waals surface area contributed by atoms with Crippen molar-refractivity contribution in [3.05, 3.63) is 76.3 Å². The number of aromatic amines is 1. The molecule has 2 aromatic carbocycles. The van der Waals surface area contributed by atoms with Crippen LogP contribution in [0.1, 0.15) is 10.8 Å². The summed E-state index contributed by atoms with van der Waals surface area (Å²) in [5.41, 5.74) is 2.33. The van der Waals surface area contributed by atoms with Gasteiger partial charge in [0.15, 0.2) is 0 Å². The van der Waals surface area contributed by atoms with Gasteiger partial charge >= 0.3 is 0 Å². The quantitative estimate of drug-likeness (QED) is 0.767. The SMILES string of the molecule is O=c1ccc2cc(F)c(N3CCSC(c4ccccc4)C3)cc2[nH]1. The van der Waals surface area contributed by atoms with E-state index in [1.165, 1.54) is 17.7 Å². The lowest BCUT2D eigenvalue weighted by Gasteiger charge is -2.34. The van der Waals surface area contributed by atoms with Gasteiger partial charge < -0.3 is 9.88 Å². The van der Waals surface area contributed by atoms with Gasteiger partial charge in [0.1, 0.15) is 5.82 Å². The number of aromatic nitrogens is 1. The Labute approximate surface area is 143 Å². The van der Waals surface area contributed by atoms with Crippen LogP contribution in [0, 0.1) is 5.82 Å². The van der Waals surface area contributed by atoms with E-state index in [1.807, 2.05) is 30.0 Å². The number of benzene rings is 2.